The second-order valence-electron chi connectivity index (χ2n) is 4.51. The van der Waals surface area contributed by atoms with Gasteiger partial charge < -0.3 is 5.11 Å². The van der Waals surface area contributed by atoms with E-state index in [4.69, 9.17) is 0 Å². The zero-order chi connectivity index (χ0) is 13.8. The Hall–Kier alpha value is -1.30. The zero-order valence-electron chi connectivity index (χ0n) is 10.5. The summed E-state index contributed by atoms with van der Waals surface area (Å²) in [5.74, 6) is -1.13. The van der Waals surface area contributed by atoms with Crippen LogP contribution in [-0.2, 0) is 6.54 Å². The van der Waals surface area contributed by atoms with Crippen LogP contribution in [0.25, 0.3) is 0 Å². The number of hydrogen-bond acceptors (Lipinski definition) is 3. The van der Waals surface area contributed by atoms with E-state index in [0.29, 0.717) is 6.54 Å². The van der Waals surface area contributed by atoms with E-state index in [9.17, 15) is 13.9 Å². The fraction of sp³-hybridized carbons (Fsp3) is 0.286. The van der Waals surface area contributed by atoms with Crippen LogP contribution in [0.1, 0.15) is 17.2 Å². The van der Waals surface area contributed by atoms with Crippen molar-refractivity contribution in [1.29, 1.82) is 0 Å². The van der Waals surface area contributed by atoms with Crippen molar-refractivity contribution < 1.29 is 13.9 Å². The fourth-order valence-corrected chi connectivity index (χ4v) is 2.58. The van der Waals surface area contributed by atoms with E-state index in [1.165, 1.54) is 0 Å². The van der Waals surface area contributed by atoms with Gasteiger partial charge in [-0.3, -0.25) is 4.90 Å². The summed E-state index contributed by atoms with van der Waals surface area (Å²) in [7, 11) is 1.83. The van der Waals surface area contributed by atoms with Gasteiger partial charge in [-0.1, -0.05) is 0 Å². The normalized spacial score (nSPS) is 12.9. The predicted octanol–water partition coefficient (Wildman–Crippen LogP) is 3.19. The Morgan fingerprint density at radius 1 is 1.32 bits per heavy atom. The first kappa shape index (κ1) is 14.1. The largest absolute Gasteiger partial charge is 0.387 e. The molecule has 2 rings (SSSR count). The Morgan fingerprint density at radius 3 is 2.79 bits per heavy atom. The second kappa shape index (κ2) is 6.23. The predicted molar refractivity (Wildman–Crippen MR) is 72.0 cm³/mol. The molecule has 1 N–H and O–H groups in total. The van der Waals surface area contributed by atoms with Gasteiger partial charge in [-0.05, 0) is 47.6 Å². The molecule has 2 nitrogen and oxygen atoms in total. The van der Waals surface area contributed by atoms with Crippen molar-refractivity contribution in [2.24, 2.45) is 0 Å². The first-order valence-electron chi connectivity index (χ1n) is 5.89. The van der Waals surface area contributed by atoms with Gasteiger partial charge >= 0.3 is 0 Å². The quantitative estimate of drug-likeness (QED) is 0.911. The maximum Gasteiger partial charge on any atom is 0.129 e. The molecule has 102 valence electrons. The lowest BCUT2D eigenvalue weighted by atomic mass is 10.1. The highest BCUT2D eigenvalue weighted by Crippen LogP contribution is 2.20. The van der Waals surface area contributed by atoms with Crippen molar-refractivity contribution in [3.05, 3.63) is 57.8 Å². The molecule has 1 atom stereocenters. The van der Waals surface area contributed by atoms with Crippen molar-refractivity contribution in [2.45, 2.75) is 12.6 Å². The van der Waals surface area contributed by atoms with Crippen LogP contribution in [0.4, 0.5) is 8.78 Å². The molecule has 0 spiro atoms. The molecule has 0 fully saturated rings. The summed E-state index contributed by atoms with van der Waals surface area (Å²) in [4.78, 5) is 1.87. The molecule has 19 heavy (non-hydrogen) atoms. The standard InChI is InChI=1S/C14H15F2NOS/c1-17(7-10-4-5-19-9-10)8-14(18)12-6-11(15)2-3-13(12)16/h2-6,9,14,18H,7-8H2,1H3. The van der Waals surface area contributed by atoms with Gasteiger partial charge in [0, 0.05) is 18.7 Å². The number of aliphatic hydroxyl groups is 1. The Kier molecular flexibility index (Phi) is 4.63. The van der Waals surface area contributed by atoms with E-state index in [1.807, 2.05) is 28.8 Å². The summed E-state index contributed by atoms with van der Waals surface area (Å²) in [6.45, 7) is 0.910. The van der Waals surface area contributed by atoms with Gasteiger partial charge in [0.1, 0.15) is 11.6 Å². The summed E-state index contributed by atoms with van der Waals surface area (Å²) in [5, 5.41) is 14.0. The molecular weight excluding hydrogens is 268 g/mol. The van der Waals surface area contributed by atoms with Crippen LogP contribution in [-0.4, -0.2) is 23.6 Å². The van der Waals surface area contributed by atoms with Gasteiger partial charge in [0.05, 0.1) is 6.10 Å². The van der Waals surface area contributed by atoms with Crippen molar-refractivity contribution in [3.63, 3.8) is 0 Å². The monoisotopic (exact) mass is 283 g/mol. The first-order chi connectivity index (χ1) is 9.06. The lowest BCUT2D eigenvalue weighted by Crippen LogP contribution is -2.24. The molecule has 0 saturated heterocycles. The van der Waals surface area contributed by atoms with Crippen LogP contribution in [0.2, 0.25) is 0 Å². The Morgan fingerprint density at radius 2 is 2.11 bits per heavy atom. The van der Waals surface area contributed by atoms with E-state index >= 15 is 0 Å². The van der Waals surface area contributed by atoms with Crippen LogP contribution in [0.3, 0.4) is 0 Å². The van der Waals surface area contributed by atoms with Crippen molar-refractivity contribution >= 4 is 11.3 Å². The van der Waals surface area contributed by atoms with E-state index in [0.717, 1.165) is 23.8 Å². The maximum absolute atomic E-state index is 13.5. The number of halogens is 2. The third kappa shape index (κ3) is 3.83. The van der Waals surface area contributed by atoms with Gasteiger partial charge in [-0.2, -0.15) is 11.3 Å². The number of thiophene rings is 1. The van der Waals surface area contributed by atoms with Gasteiger partial charge in [-0.25, -0.2) is 8.78 Å². The van der Waals surface area contributed by atoms with Crippen LogP contribution in [0.15, 0.2) is 35.0 Å². The number of hydrogen-bond donors (Lipinski definition) is 1. The van der Waals surface area contributed by atoms with Gasteiger partial charge in [0.2, 0.25) is 0 Å². The minimum atomic E-state index is -1.04. The minimum Gasteiger partial charge on any atom is -0.387 e. The topological polar surface area (TPSA) is 23.5 Å². The molecule has 0 aliphatic rings. The van der Waals surface area contributed by atoms with Crippen molar-refractivity contribution in [3.8, 4) is 0 Å². The summed E-state index contributed by atoms with van der Waals surface area (Å²) < 4.78 is 26.6. The Labute approximate surface area is 114 Å². The SMILES string of the molecule is CN(Cc1ccsc1)CC(O)c1cc(F)ccc1F. The second-order valence-corrected chi connectivity index (χ2v) is 5.29. The maximum atomic E-state index is 13.5. The average Bonchev–Trinajstić information content (AvgIpc) is 2.84. The Balaban J connectivity index is 2.00. The summed E-state index contributed by atoms with van der Waals surface area (Å²) in [6.07, 6.45) is -1.04. The van der Waals surface area contributed by atoms with E-state index in [-0.39, 0.29) is 12.1 Å². The molecule has 0 aliphatic heterocycles. The van der Waals surface area contributed by atoms with Crippen LogP contribution in [0.5, 0.6) is 0 Å². The molecule has 0 amide bonds. The van der Waals surface area contributed by atoms with Gasteiger partial charge in [0.15, 0.2) is 0 Å². The minimum absolute atomic E-state index is 0.00262. The summed E-state index contributed by atoms with van der Waals surface area (Å²) >= 11 is 1.60. The molecule has 0 bridgehead atoms. The molecular formula is C14H15F2NOS. The van der Waals surface area contributed by atoms with Crippen molar-refractivity contribution in [1.82, 2.24) is 4.90 Å². The molecule has 2 aromatic rings. The molecule has 1 aromatic heterocycles. The molecule has 1 aromatic carbocycles. The molecule has 0 aliphatic carbocycles. The highest BCUT2D eigenvalue weighted by molar-refractivity contribution is 7.07. The Bertz CT molecular complexity index is 530. The number of nitrogens with zero attached hydrogens (tertiary/aromatic N) is 1. The van der Waals surface area contributed by atoms with Crippen LogP contribution >= 0.6 is 11.3 Å². The number of benzene rings is 1. The molecule has 5 heteroatoms. The first-order valence-corrected chi connectivity index (χ1v) is 6.83. The summed E-state index contributed by atoms with van der Waals surface area (Å²) in [5.41, 5.74) is 1.14. The lowest BCUT2D eigenvalue weighted by molar-refractivity contribution is 0.120. The van der Waals surface area contributed by atoms with Crippen molar-refractivity contribution in [2.75, 3.05) is 13.6 Å². The van der Waals surface area contributed by atoms with E-state index < -0.39 is 17.7 Å². The molecule has 1 heterocycles. The number of likely N-dealkylation sites (N-methyl/N-ethyl adjacent to an activating group) is 1. The highest BCUT2D eigenvalue weighted by Gasteiger charge is 2.16. The smallest absolute Gasteiger partial charge is 0.129 e. The molecule has 0 radical (unpaired) electrons. The fourth-order valence-electron chi connectivity index (χ4n) is 1.92. The lowest BCUT2D eigenvalue weighted by Gasteiger charge is -2.20. The third-order valence-corrected chi connectivity index (χ3v) is 3.57. The van der Waals surface area contributed by atoms with Crippen LogP contribution in [0, 0.1) is 11.6 Å². The molecule has 0 saturated carbocycles. The summed E-state index contributed by atoms with van der Waals surface area (Å²) in [6, 6.07) is 5.11. The third-order valence-electron chi connectivity index (χ3n) is 2.83. The van der Waals surface area contributed by atoms with E-state index in [1.54, 1.807) is 11.3 Å². The molecule has 1 unspecified atom stereocenters. The van der Waals surface area contributed by atoms with Gasteiger partial charge in [0.25, 0.3) is 0 Å². The van der Waals surface area contributed by atoms with E-state index in [2.05, 4.69) is 0 Å². The average molecular weight is 283 g/mol. The van der Waals surface area contributed by atoms with Crippen LogP contribution < -0.4 is 0 Å². The number of rotatable bonds is 5. The highest BCUT2D eigenvalue weighted by atomic mass is 32.1. The number of aliphatic hydroxyl groups excluding tert-OH is 1. The zero-order valence-corrected chi connectivity index (χ0v) is 11.3. The van der Waals surface area contributed by atoms with Gasteiger partial charge in [-0.15, -0.1) is 0 Å².